The Bertz CT molecular complexity index is 1490. The van der Waals surface area contributed by atoms with Crippen LogP contribution in [0.15, 0.2) is 36.7 Å². The van der Waals surface area contributed by atoms with Crippen LogP contribution >= 0.6 is 22.7 Å². The molecule has 0 unspecified atom stereocenters. The predicted molar refractivity (Wildman–Crippen MR) is 155 cm³/mol. The summed E-state index contributed by atoms with van der Waals surface area (Å²) in [7, 11) is 3.17. The molecular formula is C27H30N8O4S2. The number of ether oxygens (including phenoxy) is 2. The van der Waals surface area contributed by atoms with Crippen LogP contribution in [0.3, 0.4) is 0 Å². The van der Waals surface area contributed by atoms with Gasteiger partial charge in [0.05, 0.1) is 26.3 Å². The van der Waals surface area contributed by atoms with Crippen molar-refractivity contribution in [3.8, 4) is 11.5 Å². The summed E-state index contributed by atoms with van der Waals surface area (Å²) in [6.45, 7) is 0. The van der Waals surface area contributed by atoms with E-state index in [0.29, 0.717) is 33.9 Å². The molecule has 12 nitrogen and oxygen atoms in total. The van der Waals surface area contributed by atoms with E-state index in [0.717, 1.165) is 41.4 Å². The Kier molecular flexibility index (Phi) is 9.41. The number of carbonyl (C=O) groups is 2. The molecule has 0 spiro atoms. The molecule has 2 amide bonds. The van der Waals surface area contributed by atoms with Crippen molar-refractivity contribution < 1.29 is 19.1 Å². The van der Waals surface area contributed by atoms with Gasteiger partial charge in [-0.3, -0.25) is 19.6 Å². The Morgan fingerprint density at radius 1 is 0.829 bits per heavy atom. The molecule has 5 rings (SSSR count). The molecule has 1 aliphatic rings. The molecule has 41 heavy (non-hydrogen) atoms. The van der Waals surface area contributed by atoms with E-state index in [4.69, 9.17) is 9.47 Å². The van der Waals surface area contributed by atoms with E-state index in [1.54, 1.807) is 44.8 Å². The molecule has 1 saturated carbocycles. The van der Waals surface area contributed by atoms with Gasteiger partial charge in [0.25, 0.3) is 0 Å². The number of amides is 2. The van der Waals surface area contributed by atoms with E-state index in [9.17, 15) is 9.59 Å². The maximum Gasteiger partial charge on any atom is 0.232 e. The van der Waals surface area contributed by atoms with Gasteiger partial charge in [0.2, 0.25) is 22.1 Å². The first-order valence-electron chi connectivity index (χ1n) is 13.2. The van der Waals surface area contributed by atoms with Crippen LogP contribution in [0.4, 0.5) is 10.3 Å². The van der Waals surface area contributed by atoms with Crippen LogP contribution in [-0.2, 0) is 22.4 Å². The molecule has 2 N–H and O–H groups in total. The first-order valence-corrected chi connectivity index (χ1v) is 14.9. The van der Waals surface area contributed by atoms with Gasteiger partial charge in [-0.2, -0.15) is 0 Å². The Morgan fingerprint density at radius 3 is 2.00 bits per heavy atom. The van der Waals surface area contributed by atoms with Gasteiger partial charge < -0.3 is 20.1 Å². The summed E-state index contributed by atoms with van der Waals surface area (Å²) in [5.74, 6) is 1.46. The molecule has 14 heteroatoms. The van der Waals surface area contributed by atoms with Crippen molar-refractivity contribution in [2.75, 3.05) is 24.9 Å². The topological polar surface area (TPSA) is 154 Å². The van der Waals surface area contributed by atoms with Gasteiger partial charge in [-0.05, 0) is 37.8 Å². The van der Waals surface area contributed by atoms with E-state index in [1.807, 2.05) is 6.07 Å². The zero-order chi connectivity index (χ0) is 28.6. The van der Waals surface area contributed by atoms with Crippen molar-refractivity contribution in [2.24, 2.45) is 0 Å². The second-order valence-corrected chi connectivity index (χ2v) is 11.6. The normalized spacial score (nSPS) is 16.6. The first-order chi connectivity index (χ1) is 20.0. The summed E-state index contributed by atoms with van der Waals surface area (Å²) >= 11 is 2.82. The molecule has 0 saturated heterocycles. The number of methoxy groups -OCH3 is 2. The van der Waals surface area contributed by atoms with Gasteiger partial charge in [-0.15, -0.1) is 20.4 Å². The maximum atomic E-state index is 12.5. The number of nitrogens with one attached hydrogen (secondary N) is 2. The highest BCUT2D eigenvalue weighted by molar-refractivity contribution is 7.15. The lowest BCUT2D eigenvalue weighted by molar-refractivity contribution is -0.116. The number of aromatic nitrogens is 6. The monoisotopic (exact) mass is 594 g/mol. The Hall–Kier alpha value is -4.04. The number of hydrogen-bond donors (Lipinski definition) is 2. The second-order valence-electron chi connectivity index (χ2n) is 9.60. The number of pyridine rings is 2. The number of rotatable bonds is 11. The van der Waals surface area contributed by atoms with E-state index < -0.39 is 0 Å². The quantitative estimate of drug-likeness (QED) is 0.255. The molecule has 0 radical (unpaired) electrons. The van der Waals surface area contributed by atoms with E-state index in [1.165, 1.54) is 22.7 Å². The number of nitrogens with zero attached hydrogens (tertiary/aromatic N) is 6. The molecule has 1 aliphatic carbocycles. The zero-order valence-corrected chi connectivity index (χ0v) is 24.3. The van der Waals surface area contributed by atoms with Crippen LogP contribution in [0.5, 0.6) is 11.5 Å². The third-order valence-corrected chi connectivity index (χ3v) is 8.75. The van der Waals surface area contributed by atoms with Crippen molar-refractivity contribution in [1.29, 1.82) is 0 Å². The average molecular weight is 595 g/mol. The smallest absolute Gasteiger partial charge is 0.232 e. The molecule has 0 aromatic carbocycles. The fraction of sp³-hybridized carbons (Fsp3) is 0.407. The molecular weight excluding hydrogens is 564 g/mol. The van der Waals surface area contributed by atoms with E-state index in [-0.39, 0.29) is 36.5 Å². The molecule has 0 bridgehead atoms. The molecule has 0 aliphatic heterocycles. The predicted octanol–water partition coefficient (Wildman–Crippen LogP) is 4.39. The minimum absolute atomic E-state index is 0.116. The van der Waals surface area contributed by atoms with E-state index >= 15 is 0 Å². The van der Waals surface area contributed by atoms with Gasteiger partial charge in [0, 0.05) is 48.5 Å². The largest absolute Gasteiger partial charge is 0.497 e. The number of carbonyl (C=O) groups excluding carboxylic acids is 2. The lowest BCUT2D eigenvalue weighted by Gasteiger charge is -2.25. The van der Waals surface area contributed by atoms with Crippen molar-refractivity contribution in [3.63, 3.8) is 0 Å². The summed E-state index contributed by atoms with van der Waals surface area (Å²) in [4.78, 5) is 33.5. The summed E-state index contributed by atoms with van der Waals surface area (Å²) in [6, 6.07) is 7.06. The number of hydrogen-bond acceptors (Lipinski definition) is 12. The third kappa shape index (κ3) is 7.79. The van der Waals surface area contributed by atoms with Gasteiger partial charge in [0.15, 0.2) is 0 Å². The van der Waals surface area contributed by atoms with Crippen LogP contribution in [0.25, 0.3) is 0 Å². The minimum atomic E-state index is -0.210. The molecule has 214 valence electrons. The lowest BCUT2D eigenvalue weighted by atomic mass is 9.82. The minimum Gasteiger partial charge on any atom is -0.497 e. The molecule has 4 aromatic rings. The Labute approximate surface area is 245 Å². The van der Waals surface area contributed by atoms with Crippen molar-refractivity contribution in [1.82, 2.24) is 30.4 Å². The Balaban J connectivity index is 1.12. The fourth-order valence-corrected chi connectivity index (χ4v) is 6.50. The Morgan fingerprint density at radius 2 is 1.39 bits per heavy atom. The number of aryl methyl sites for hydroxylation is 1. The average Bonchev–Trinajstić information content (AvgIpc) is 3.66. The van der Waals surface area contributed by atoms with Crippen molar-refractivity contribution >= 4 is 44.8 Å². The highest BCUT2D eigenvalue weighted by Gasteiger charge is 2.29. The third-order valence-electron chi connectivity index (χ3n) is 6.74. The molecule has 4 heterocycles. The SMILES string of the molecule is COc1ccnc(CCC(=O)Nc2nnc([C@H]3CCC[C@H](c4nnc(NC(=O)Cc5cc(OC)ccn5)s4)C3)s2)c1. The summed E-state index contributed by atoms with van der Waals surface area (Å²) in [6.07, 6.45) is 8.05. The zero-order valence-electron chi connectivity index (χ0n) is 22.7. The molecule has 2 atom stereocenters. The van der Waals surface area contributed by atoms with Gasteiger partial charge in [-0.1, -0.05) is 29.1 Å². The molecule has 4 aromatic heterocycles. The van der Waals surface area contributed by atoms with Crippen LogP contribution < -0.4 is 20.1 Å². The van der Waals surface area contributed by atoms with E-state index in [2.05, 4.69) is 41.0 Å². The second kappa shape index (κ2) is 13.5. The maximum absolute atomic E-state index is 12.5. The standard InChI is InChI=1S/C27H30N8O4S2/c1-38-20-8-10-28-18(13-20)6-7-22(36)30-26-34-32-24(40-26)16-4-3-5-17(12-16)25-33-35-27(41-25)31-23(37)15-19-14-21(39-2)9-11-29-19/h8-11,13-14,16-17H,3-7,12,15H2,1-2H3,(H,30,34,36)(H,31,35,37)/t16-,17-/m0/s1. The van der Waals surface area contributed by atoms with Gasteiger partial charge in [0.1, 0.15) is 21.5 Å². The lowest BCUT2D eigenvalue weighted by Crippen LogP contribution is -2.15. The van der Waals surface area contributed by atoms with Crippen LogP contribution in [0.1, 0.15) is 65.3 Å². The summed E-state index contributed by atoms with van der Waals surface area (Å²) < 4.78 is 10.4. The number of anilines is 2. The fourth-order valence-electron chi connectivity index (χ4n) is 4.69. The van der Waals surface area contributed by atoms with Crippen molar-refractivity contribution in [3.05, 3.63) is 58.1 Å². The van der Waals surface area contributed by atoms with Crippen LogP contribution in [0.2, 0.25) is 0 Å². The summed E-state index contributed by atoms with van der Waals surface area (Å²) in [5, 5.41) is 25.6. The van der Waals surface area contributed by atoms with Crippen molar-refractivity contribution in [2.45, 2.75) is 56.8 Å². The highest BCUT2D eigenvalue weighted by atomic mass is 32.1. The van der Waals surface area contributed by atoms with Gasteiger partial charge >= 0.3 is 0 Å². The summed E-state index contributed by atoms with van der Waals surface area (Å²) in [5.41, 5.74) is 1.40. The highest BCUT2D eigenvalue weighted by Crippen LogP contribution is 2.43. The molecule has 1 fully saturated rings. The van der Waals surface area contributed by atoms with Crippen LogP contribution in [0, 0.1) is 0 Å². The van der Waals surface area contributed by atoms with Gasteiger partial charge in [-0.25, -0.2) is 0 Å². The first kappa shape index (κ1) is 28.5. The van der Waals surface area contributed by atoms with Crippen LogP contribution in [-0.4, -0.2) is 56.4 Å².